The van der Waals surface area contributed by atoms with Crippen LogP contribution >= 0.6 is 0 Å². The smallest absolute Gasteiger partial charge is 0.00163 e. The molecule has 0 bridgehead atoms. The van der Waals surface area contributed by atoms with E-state index >= 15 is 0 Å². The molecule has 2 aliphatic rings. The molecule has 0 aliphatic heterocycles. The van der Waals surface area contributed by atoms with Crippen LogP contribution in [0.3, 0.4) is 0 Å². The lowest BCUT2D eigenvalue weighted by atomic mass is 10.0. The molecule has 0 spiro atoms. The van der Waals surface area contributed by atoms with Gasteiger partial charge < -0.3 is 0 Å². The van der Waals surface area contributed by atoms with Gasteiger partial charge in [0, 0.05) is 0 Å². The molecule has 2 aromatic rings. The van der Waals surface area contributed by atoms with Gasteiger partial charge in [0.25, 0.3) is 0 Å². The van der Waals surface area contributed by atoms with E-state index in [1.807, 2.05) is 0 Å². The van der Waals surface area contributed by atoms with Gasteiger partial charge in [0.1, 0.15) is 0 Å². The van der Waals surface area contributed by atoms with Crippen LogP contribution in [0.25, 0.3) is 16.3 Å². The highest BCUT2D eigenvalue weighted by atomic mass is 14.2. The molecule has 0 amide bonds. The molecule has 2 aliphatic carbocycles. The first-order valence-corrected chi connectivity index (χ1v) is 6.50. The van der Waals surface area contributed by atoms with E-state index < -0.39 is 0 Å². The van der Waals surface area contributed by atoms with E-state index in [-0.39, 0.29) is 0 Å². The first kappa shape index (κ1) is 9.90. The number of fused-ring (bicyclic) bond motifs is 4. The lowest BCUT2D eigenvalue weighted by Crippen LogP contribution is -1.82. The van der Waals surface area contributed by atoms with Crippen LogP contribution in [0.15, 0.2) is 66.3 Å². The molecule has 0 fully saturated rings. The Bertz CT molecular complexity index is 727. The molecule has 0 saturated carbocycles. The Hall–Kier alpha value is -2.08. The fraction of sp³-hybridized carbons (Fsp3) is 0.111. The Morgan fingerprint density at radius 2 is 1.78 bits per heavy atom. The quantitative estimate of drug-likeness (QED) is 0.617. The highest BCUT2D eigenvalue weighted by Gasteiger charge is 2.21. The maximum atomic E-state index is 2.36. The van der Waals surface area contributed by atoms with Crippen LogP contribution in [0.2, 0.25) is 0 Å². The number of hydrogen-bond donors (Lipinski definition) is 0. The highest BCUT2D eigenvalue weighted by molar-refractivity contribution is 5.94. The summed E-state index contributed by atoms with van der Waals surface area (Å²) in [4.78, 5) is 0. The van der Waals surface area contributed by atoms with E-state index in [1.54, 1.807) is 0 Å². The fourth-order valence-electron chi connectivity index (χ4n) is 2.99. The molecule has 2 aromatic carbocycles. The second-order valence-electron chi connectivity index (χ2n) is 5.01. The summed E-state index contributed by atoms with van der Waals surface area (Å²) in [6.45, 7) is 0. The number of rotatable bonds is 0. The third-order valence-electron chi connectivity index (χ3n) is 3.89. The van der Waals surface area contributed by atoms with Gasteiger partial charge in [-0.3, -0.25) is 0 Å². The van der Waals surface area contributed by atoms with Gasteiger partial charge in [0.05, 0.1) is 0 Å². The molecule has 18 heavy (non-hydrogen) atoms. The van der Waals surface area contributed by atoms with Gasteiger partial charge in [-0.25, -0.2) is 0 Å². The topological polar surface area (TPSA) is 0 Å². The lowest BCUT2D eigenvalue weighted by molar-refractivity contribution is 1.24. The first-order valence-electron chi connectivity index (χ1n) is 6.50. The maximum Gasteiger partial charge on any atom is -0.00163 e. The van der Waals surface area contributed by atoms with Crippen molar-refractivity contribution in [3.8, 4) is 0 Å². The second-order valence-corrected chi connectivity index (χ2v) is 5.01. The zero-order chi connectivity index (χ0) is 11.9. The Kier molecular flexibility index (Phi) is 2.04. The van der Waals surface area contributed by atoms with Gasteiger partial charge >= 0.3 is 0 Å². The van der Waals surface area contributed by atoms with Crippen LogP contribution < -0.4 is 0 Å². The summed E-state index contributed by atoms with van der Waals surface area (Å²) in [7, 11) is 0. The molecular weight excluding hydrogens is 216 g/mol. The Labute approximate surface area is 107 Å². The summed E-state index contributed by atoms with van der Waals surface area (Å²) in [6.07, 6.45) is 11.2. The van der Waals surface area contributed by atoms with Crippen molar-refractivity contribution in [2.24, 2.45) is 0 Å². The summed E-state index contributed by atoms with van der Waals surface area (Å²) in [6, 6.07) is 13.3. The predicted octanol–water partition coefficient (Wildman–Crippen LogP) is 4.67. The van der Waals surface area contributed by atoms with Crippen molar-refractivity contribution >= 4 is 16.3 Å². The Morgan fingerprint density at radius 1 is 0.944 bits per heavy atom. The summed E-state index contributed by atoms with van der Waals surface area (Å²) in [5, 5.41) is 2.69. The first-order chi connectivity index (χ1) is 8.92. The zero-order valence-corrected chi connectivity index (χ0v) is 10.2. The average Bonchev–Trinajstić information content (AvgIpc) is 2.59. The van der Waals surface area contributed by atoms with Crippen molar-refractivity contribution < 1.29 is 0 Å². The zero-order valence-electron chi connectivity index (χ0n) is 10.2. The predicted molar refractivity (Wildman–Crippen MR) is 77.5 cm³/mol. The number of hydrogen-bond acceptors (Lipinski definition) is 0. The Balaban J connectivity index is 2.01. The van der Waals surface area contributed by atoms with E-state index in [0.29, 0.717) is 0 Å². The van der Waals surface area contributed by atoms with Crippen molar-refractivity contribution in [2.75, 3.05) is 0 Å². The normalized spacial score (nSPS) is 16.9. The van der Waals surface area contributed by atoms with E-state index in [2.05, 4.69) is 60.7 Å². The third-order valence-corrected chi connectivity index (χ3v) is 3.89. The van der Waals surface area contributed by atoms with E-state index in [1.165, 1.54) is 33.0 Å². The largest absolute Gasteiger partial charge is 0.0807 e. The van der Waals surface area contributed by atoms with Gasteiger partial charge in [0.15, 0.2) is 0 Å². The molecule has 0 heterocycles. The molecule has 0 heteroatoms. The lowest BCUT2D eigenvalue weighted by Gasteiger charge is -2.04. The van der Waals surface area contributed by atoms with Crippen LogP contribution in [0.1, 0.15) is 17.5 Å². The molecule has 0 atom stereocenters. The minimum atomic E-state index is 1.06. The molecular formula is C18H14. The number of benzene rings is 2. The minimum Gasteiger partial charge on any atom is -0.0807 e. The SMILES string of the molecule is C1=CCC=C2Cc3cc4ccccc4cc3C2=C1. The Morgan fingerprint density at radius 3 is 2.67 bits per heavy atom. The van der Waals surface area contributed by atoms with Crippen LogP contribution in [-0.2, 0) is 6.42 Å². The number of allylic oxidation sites excluding steroid dienone is 6. The van der Waals surface area contributed by atoms with Crippen LogP contribution in [0.5, 0.6) is 0 Å². The van der Waals surface area contributed by atoms with Crippen molar-refractivity contribution in [3.05, 3.63) is 77.4 Å². The summed E-state index contributed by atoms with van der Waals surface area (Å²) in [5.74, 6) is 0. The second kappa shape index (κ2) is 3.71. The highest BCUT2D eigenvalue weighted by Crippen LogP contribution is 2.39. The van der Waals surface area contributed by atoms with Crippen LogP contribution in [-0.4, -0.2) is 0 Å². The monoisotopic (exact) mass is 230 g/mol. The van der Waals surface area contributed by atoms with Gasteiger partial charge in [-0.2, -0.15) is 0 Å². The van der Waals surface area contributed by atoms with Crippen molar-refractivity contribution in [2.45, 2.75) is 12.8 Å². The van der Waals surface area contributed by atoms with Gasteiger partial charge in [-0.1, -0.05) is 54.6 Å². The van der Waals surface area contributed by atoms with E-state index in [4.69, 9.17) is 0 Å². The molecule has 4 rings (SSSR count). The van der Waals surface area contributed by atoms with Crippen LogP contribution in [0, 0.1) is 0 Å². The standard InChI is InChI=1S/C18H14/c1-2-8-15-11-16-10-13-6-4-5-7-14(13)12-18(16)17(15)9-3-1/h1,3-10,12H,2,11H2. The molecule has 0 radical (unpaired) electrons. The van der Waals surface area contributed by atoms with Crippen LogP contribution in [0.4, 0.5) is 0 Å². The molecule has 86 valence electrons. The minimum absolute atomic E-state index is 1.06. The average molecular weight is 230 g/mol. The molecule has 0 unspecified atom stereocenters. The molecule has 0 aromatic heterocycles. The van der Waals surface area contributed by atoms with Gasteiger partial charge in [-0.05, 0) is 52.0 Å². The van der Waals surface area contributed by atoms with Gasteiger partial charge in [0.2, 0.25) is 0 Å². The van der Waals surface area contributed by atoms with Crippen molar-refractivity contribution in [3.63, 3.8) is 0 Å². The summed E-state index contributed by atoms with van der Waals surface area (Å²) < 4.78 is 0. The molecule has 0 N–H and O–H groups in total. The third kappa shape index (κ3) is 1.39. The van der Waals surface area contributed by atoms with Crippen molar-refractivity contribution in [1.29, 1.82) is 0 Å². The van der Waals surface area contributed by atoms with Gasteiger partial charge in [-0.15, -0.1) is 0 Å². The summed E-state index contributed by atoms with van der Waals surface area (Å²) in [5.41, 5.74) is 5.81. The molecule has 0 saturated heterocycles. The summed E-state index contributed by atoms with van der Waals surface area (Å²) >= 11 is 0. The fourth-order valence-corrected chi connectivity index (χ4v) is 2.99. The molecule has 0 nitrogen and oxygen atoms in total. The van der Waals surface area contributed by atoms with E-state index in [0.717, 1.165) is 12.8 Å². The van der Waals surface area contributed by atoms with E-state index in [9.17, 15) is 0 Å². The van der Waals surface area contributed by atoms with Crippen molar-refractivity contribution in [1.82, 2.24) is 0 Å². The maximum absolute atomic E-state index is 2.36.